The molecular formula is C32H58N8Na2. The molecule has 8 atom stereocenters. The van der Waals surface area contributed by atoms with E-state index in [1.165, 1.54) is 103 Å². The Bertz CT molecular complexity index is 733. The molecule has 0 aromatic carbocycles. The fourth-order valence-corrected chi connectivity index (χ4v) is 12.0. The molecule has 0 spiro atoms. The zero-order valence-electron chi connectivity index (χ0n) is 28.6. The van der Waals surface area contributed by atoms with Crippen LogP contribution in [0.4, 0.5) is 0 Å². The summed E-state index contributed by atoms with van der Waals surface area (Å²) in [6.45, 7) is 0. The van der Waals surface area contributed by atoms with Gasteiger partial charge in [-0.2, -0.15) is 0 Å². The molecule has 8 N–H and O–H groups in total. The normalized spacial score (nSPS) is 54.9. The maximum atomic E-state index is 4.26. The molecule has 9 fully saturated rings. The van der Waals surface area contributed by atoms with Crippen molar-refractivity contribution >= 4 is 0 Å². The Morgan fingerprint density at radius 1 is 0.238 bits per heavy atom. The second-order valence-corrected chi connectivity index (χ2v) is 15.6. The van der Waals surface area contributed by atoms with E-state index >= 15 is 0 Å². The van der Waals surface area contributed by atoms with E-state index in [0.717, 1.165) is 47.3 Å². The molecule has 8 nitrogen and oxygen atoms in total. The summed E-state index contributed by atoms with van der Waals surface area (Å²) in [4.78, 5) is 0. The van der Waals surface area contributed by atoms with E-state index in [0.29, 0.717) is 49.3 Å². The maximum Gasteiger partial charge on any atom is 1.00 e. The van der Waals surface area contributed by atoms with Crippen LogP contribution >= 0.6 is 0 Å². The molecule has 5 saturated heterocycles. The Hall–Kier alpha value is 1.68. The van der Waals surface area contributed by atoms with Gasteiger partial charge in [0.15, 0.2) is 0 Å². The maximum absolute atomic E-state index is 4.26. The second-order valence-electron chi connectivity index (χ2n) is 15.6. The minimum Gasteiger partial charge on any atom is -1.00 e. The molecule has 5 aliphatic heterocycles. The minimum absolute atomic E-state index is 0. The molecule has 10 heteroatoms. The molecule has 0 amide bonds. The van der Waals surface area contributed by atoms with Crippen LogP contribution in [0.15, 0.2) is 0 Å². The number of hydrogen-bond donors (Lipinski definition) is 8. The van der Waals surface area contributed by atoms with Crippen LogP contribution in [0.3, 0.4) is 0 Å². The summed E-state index contributed by atoms with van der Waals surface area (Å²) in [5, 5.41) is 33.8. The van der Waals surface area contributed by atoms with Gasteiger partial charge in [0, 0.05) is 0 Å². The van der Waals surface area contributed by atoms with Gasteiger partial charge in [0.05, 0.1) is 49.3 Å². The molecule has 4 saturated carbocycles. The van der Waals surface area contributed by atoms with Crippen LogP contribution in [0, 0.1) is 47.3 Å². The molecule has 8 unspecified atom stereocenters. The van der Waals surface area contributed by atoms with Crippen LogP contribution in [0.1, 0.15) is 106 Å². The molecule has 42 heavy (non-hydrogen) atoms. The summed E-state index contributed by atoms with van der Waals surface area (Å²) in [5.74, 6) is 5.97. The van der Waals surface area contributed by atoms with Crippen LogP contribution in [0.25, 0.3) is 0 Å². The van der Waals surface area contributed by atoms with Gasteiger partial charge in [-0.1, -0.05) is 51.4 Å². The molecule has 0 radical (unpaired) electrons. The first-order valence-corrected chi connectivity index (χ1v) is 17.9. The van der Waals surface area contributed by atoms with Crippen molar-refractivity contribution in [3.63, 3.8) is 0 Å². The molecule has 0 aromatic heterocycles. The quantitative estimate of drug-likeness (QED) is 0.138. The first-order valence-electron chi connectivity index (χ1n) is 17.9. The first-order chi connectivity index (χ1) is 19.8. The van der Waals surface area contributed by atoms with Crippen molar-refractivity contribution in [2.75, 3.05) is 0 Å². The van der Waals surface area contributed by atoms with E-state index in [2.05, 4.69) is 42.5 Å². The summed E-state index contributed by atoms with van der Waals surface area (Å²) >= 11 is 0. The zero-order valence-corrected chi connectivity index (χ0v) is 30.6. The average molecular weight is 601 g/mol. The Morgan fingerprint density at radius 3 is 0.476 bits per heavy atom. The van der Waals surface area contributed by atoms with Crippen molar-refractivity contribution in [2.24, 2.45) is 47.3 Å². The summed E-state index contributed by atoms with van der Waals surface area (Å²) in [5.41, 5.74) is 0. The molecular weight excluding hydrogens is 542 g/mol. The molecule has 5 heterocycles. The van der Waals surface area contributed by atoms with Gasteiger partial charge < -0.3 is 2.85 Å². The average Bonchev–Trinajstić information content (AvgIpc) is 3.73. The Labute approximate surface area is 301 Å². The van der Waals surface area contributed by atoms with Crippen molar-refractivity contribution < 1.29 is 62.0 Å². The van der Waals surface area contributed by atoms with E-state index in [1.807, 2.05) is 0 Å². The Kier molecular flexibility index (Phi) is 10.5. The van der Waals surface area contributed by atoms with Crippen LogP contribution in [0.2, 0.25) is 0 Å². The van der Waals surface area contributed by atoms with Crippen molar-refractivity contribution in [3.05, 3.63) is 0 Å². The fourth-order valence-electron chi connectivity index (χ4n) is 12.0. The topological polar surface area (TPSA) is 96.2 Å². The predicted octanol–water partition coefficient (Wildman–Crippen LogP) is -3.16. The van der Waals surface area contributed by atoms with Gasteiger partial charge in [-0.05, 0) is 98.7 Å². The number of nitrogens with one attached hydrogen (secondary N) is 8. The van der Waals surface area contributed by atoms with E-state index in [4.69, 9.17) is 0 Å². The van der Waals surface area contributed by atoms with E-state index in [1.54, 1.807) is 0 Å². The van der Waals surface area contributed by atoms with Crippen molar-refractivity contribution in [2.45, 2.75) is 152 Å². The minimum atomic E-state index is 0. The van der Waals surface area contributed by atoms with E-state index < -0.39 is 0 Å². The third-order valence-corrected chi connectivity index (χ3v) is 13.8. The number of hydrogen-bond acceptors (Lipinski definition) is 8. The number of rotatable bonds is 0. The van der Waals surface area contributed by atoms with Crippen LogP contribution < -0.4 is 102 Å². The summed E-state index contributed by atoms with van der Waals surface area (Å²) in [6.07, 6.45) is 25.6. The van der Waals surface area contributed by atoms with Gasteiger partial charge in [-0.3, -0.25) is 42.5 Å². The summed E-state index contributed by atoms with van der Waals surface area (Å²) in [7, 11) is 0. The molecule has 0 aromatic rings. The van der Waals surface area contributed by atoms with Crippen molar-refractivity contribution in [1.29, 1.82) is 0 Å². The van der Waals surface area contributed by atoms with Gasteiger partial charge in [0.2, 0.25) is 0 Å². The van der Waals surface area contributed by atoms with Gasteiger partial charge in [-0.25, -0.2) is 0 Å². The molecule has 9 rings (SSSR count). The van der Waals surface area contributed by atoms with Gasteiger partial charge >= 0.3 is 59.1 Å². The Balaban J connectivity index is 0.000000960. The van der Waals surface area contributed by atoms with Gasteiger partial charge in [0.25, 0.3) is 0 Å². The second kappa shape index (κ2) is 13.7. The fraction of sp³-hybridized carbons (Fsp3) is 1.00. The first kappa shape index (κ1) is 32.2. The van der Waals surface area contributed by atoms with E-state index in [9.17, 15) is 0 Å². The van der Waals surface area contributed by atoms with Gasteiger partial charge in [-0.15, -0.1) is 0 Å². The molecule has 9 aliphatic rings. The summed E-state index contributed by atoms with van der Waals surface area (Å²) in [6, 6.07) is 0. The molecule has 4 aliphatic carbocycles. The largest absolute Gasteiger partial charge is 1.00 e. The molecule has 8 bridgehead atoms. The van der Waals surface area contributed by atoms with Crippen molar-refractivity contribution in [1.82, 2.24) is 42.5 Å². The van der Waals surface area contributed by atoms with Crippen molar-refractivity contribution in [3.8, 4) is 0 Å². The van der Waals surface area contributed by atoms with Crippen LogP contribution in [-0.4, -0.2) is 49.3 Å². The monoisotopic (exact) mass is 600 g/mol. The smallest absolute Gasteiger partial charge is 1.00 e. The van der Waals surface area contributed by atoms with Crippen LogP contribution in [-0.2, 0) is 0 Å². The van der Waals surface area contributed by atoms with E-state index in [-0.39, 0.29) is 62.0 Å². The Morgan fingerprint density at radius 2 is 0.357 bits per heavy atom. The SMILES string of the molecule is C1CCC2C3NC(NC4NC(NC5NC(NC6NC(N3)C3CCCCC63)C3CCCCC53)C3CCCCC43)C2C1.[H-].[H-].[Na+].[Na+]. The standard InChI is InChI=1S/C32H56N8.2Na.2H/c1-2-10-18-17(9-1)25-33-26(18)38-28-21-13-5-6-14-22(21)30(35-28)40-32-24-16-8-7-15-23(24)31(36-32)39-29-20-12-4-3-11-19(20)27(34-29)37-25;;;;/h17-40H,1-16H2;;;;/q;2*+1;2*-1. The zero-order chi connectivity index (χ0) is 26.2. The summed E-state index contributed by atoms with van der Waals surface area (Å²) < 4.78 is 0. The van der Waals surface area contributed by atoms with Gasteiger partial charge in [0.1, 0.15) is 0 Å². The third kappa shape index (κ3) is 5.73. The number of fused-ring (bicyclic) bond motifs is 20. The third-order valence-electron chi connectivity index (χ3n) is 13.8. The molecule has 228 valence electrons. The predicted molar refractivity (Wildman–Crippen MR) is 159 cm³/mol. The van der Waals surface area contributed by atoms with Crippen LogP contribution in [0.5, 0.6) is 0 Å².